The second-order valence-corrected chi connectivity index (χ2v) is 23.5. The summed E-state index contributed by atoms with van der Waals surface area (Å²) < 4.78 is 37.5. The molecular formula is C19H20F3N3O2SVW2. The maximum absolute atomic E-state index is 13.2. The summed E-state index contributed by atoms with van der Waals surface area (Å²) in [6.45, 7) is 4.25. The number of carbonyl (C=O) groups excluding carboxylic acids is 2. The molecule has 31 heavy (non-hydrogen) atoms. The molecule has 1 aromatic carbocycles. The van der Waals surface area contributed by atoms with Gasteiger partial charge in [0.2, 0.25) is 11.8 Å². The molecule has 0 unspecified atom stereocenters. The fourth-order valence-corrected chi connectivity index (χ4v) is 3.07. The molecule has 12 heteroatoms. The van der Waals surface area contributed by atoms with Crippen molar-refractivity contribution in [2.75, 3.05) is 13.1 Å². The Hall–Kier alpha value is -0.329. The molecule has 1 saturated heterocycles. The molecule has 1 aromatic heterocycles. The van der Waals surface area contributed by atoms with Crippen LogP contribution < -0.4 is 5.32 Å². The molecule has 0 aliphatic carbocycles. The molecule has 2 aromatic rings. The van der Waals surface area contributed by atoms with Crippen molar-refractivity contribution in [1.82, 2.24) is 15.2 Å². The van der Waals surface area contributed by atoms with E-state index in [4.69, 9.17) is 0 Å². The van der Waals surface area contributed by atoms with Crippen LogP contribution in [0.15, 0.2) is 30.5 Å². The summed E-state index contributed by atoms with van der Waals surface area (Å²) in [6, 6.07) is 7.26. The second-order valence-electron chi connectivity index (χ2n) is 6.90. The number of nitrogens with zero attached hydrogens (tertiary/aromatic N) is 2. The van der Waals surface area contributed by atoms with E-state index in [9.17, 15) is 22.3 Å². The van der Waals surface area contributed by atoms with Crippen molar-refractivity contribution in [3.05, 3.63) is 48.1 Å². The maximum Gasteiger partial charge on any atom is 2.00 e. The summed E-state index contributed by atoms with van der Waals surface area (Å²) in [5.41, 5.74) is 1.41. The number of hydrogen-bond donors (Lipinski definition) is 1. The van der Waals surface area contributed by atoms with E-state index >= 15 is 0 Å². The third-order valence-corrected chi connectivity index (χ3v) is 4.40. The molecule has 3 rings (SSSR count). The Morgan fingerprint density at radius 3 is 2.52 bits per heavy atom. The van der Waals surface area contributed by atoms with E-state index < -0.39 is 36.4 Å². The number of aromatic nitrogens is 1. The summed E-state index contributed by atoms with van der Waals surface area (Å²) in [6.07, 6.45) is 1.08. The molecule has 1 fully saturated rings. The first-order valence-electron chi connectivity index (χ1n) is 8.94. The van der Waals surface area contributed by atoms with E-state index in [1.165, 1.54) is 12.7 Å². The largest absolute Gasteiger partial charge is 2.00 e. The van der Waals surface area contributed by atoms with Crippen molar-refractivity contribution >= 4 is 28.4 Å². The fraction of sp³-hybridized carbons (Fsp3) is 0.368. The van der Waals surface area contributed by atoms with Crippen molar-refractivity contribution in [1.29, 1.82) is 0 Å². The first-order chi connectivity index (χ1) is 14.0. The number of hydrogen-bond acceptors (Lipinski definition) is 4. The Balaban J connectivity index is 0.000000885. The number of pyridine rings is 1. The van der Waals surface area contributed by atoms with E-state index in [0.29, 0.717) is 11.1 Å². The van der Waals surface area contributed by atoms with Gasteiger partial charge in [0, 0.05) is 11.6 Å². The van der Waals surface area contributed by atoms with Gasteiger partial charge in [0.05, 0.1) is 24.2 Å². The predicted octanol–water partition coefficient (Wildman–Crippen LogP) is 3.53. The standard InChI is InChI=1S/C19H20F2N3O2.FS.V.2W/c1-12(2)13-4-3-5-15-17(13)14(6-8-22-15)18(26)23-10-16(25)24-9-7-19(20,21)11-24;1-2;;;/h3-6,8-9,12H,7,10-11H2,1-2H3,(H,23,26);;;;/q2*-1;+2;;. The average Bonchev–Trinajstić information content (AvgIpc) is 3.04. The number of benzene rings is 1. The Bertz CT molecular complexity index is 1010. The van der Waals surface area contributed by atoms with Crippen LogP contribution in [0.3, 0.4) is 0 Å². The van der Waals surface area contributed by atoms with Crippen LogP contribution in [0.1, 0.15) is 42.1 Å². The van der Waals surface area contributed by atoms with Crippen molar-refractivity contribution in [3.63, 3.8) is 0 Å². The average molecular weight is 830 g/mol. The van der Waals surface area contributed by atoms with E-state index in [1.807, 2.05) is 32.0 Å². The zero-order valence-electron chi connectivity index (χ0n) is 16.7. The van der Waals surface area contributed by atoms with Crippen LogP contribution in [0.2, 0.25) is 0 Å². The summed E-state index contributed by atoms with van der Waals surface area (Å²) in [7, 11) is 0. The fourth-order valence-electron chi connectivity index (χ4n) is 3.07. The van der Waals surface area contributed by atoms with Gasteiger partial charge in [-0.1, -0.05) is 32.4 Å². The molecule has 0 bridgehead atoms. The molecule has 2 heterocycles. The summed E-state index contributed by atoms with van der Waals surface area (Å²) >= 11 is 2.15. The number of nitrogens with one attached hydrogen (secondary N) is 1. The van der Waals surface area contributed by atoms with Gasteiger partial charge in [-0.2, -0.15) is 0 Å². The molecule has 2 amide bonds. The quantitative estimate of drug-likeness (QED) is 0.380. The smallest absolute Gasteiger partial charge is 2.00 e. The molecule has 0 spiro atoms. The minimum Gasteiger partial charge on any atom is 2.00 e. The molecule has 1 aliphatic rings. The maximum atomic E-state index is 13.2. The molecule has 0 atom stereocenters. The van der Waals surface area contributed by atoms with Gasteiger partial charge in [-0.05, 0) is 23.6 Å². The van der Waals surface area contributed by atoms with Gasteiger partial charge in [-0.25, -0.2) is 15.3 Å². The minimum atomic E-state index is -2.90. The third-order valence-electron chi connectivity index (χ3n) is 4.40. The molecule has 5 nitrogen and oxygen atoms in total. The zero-order chi connectivity index (χ0) is 22.5. The number of alkyl halides is 2. The van der Waals surface area contributed by atoms with E-state index in [-0.39, 0.29) is 31.0 Å². The van der Waals surface area contributed by atoms with Gasteiger partial charge in [0.25, 0.3) is 5.91 Å². The van der Waals surface area contributed by atoms with Crippen LogP contribution in [-0.2, 0) is 65.0 Å². The van der Waals surface area contributed by atoms with Crippen LogP contribution in [0.5, 0.6) is 0 Å². The Kier molecular flexibility index (Phi) is 11.8. The summed E-state index contributed by atoms with van der Waals surface area (Å²) in [5.74, 6) is -3.69. The van der Waals surface area contributed by atoms with Gasteiger partial charge >= 0.3 is 64.1 Å². The summed E-state index contributed by atoms with van der Waals surface area (Å²) in [5, 5.41) is 3.28. The number of fused-ring (bicyclic) bond motifs is 1. The predicted molar refractivity (Wildman–Crippen MR) is 102 cm³/mol. The zero-order valence-corrected chi connectivity index (χ0v) is 24.8. The van der Waals surface area contributed by atoms with E-state index in [0.717, 1.165) is 51.8 Å². The van der Waals surface area contributed by atoms with Gasteiger partial charge in [-0.15, -0.1) is 0 Å². The first-order valence-corrected chi connectivity index (χ1v) is 17.1. The number of halogens is 3. The topological polar surface area (TPSA) is 62.3 Å². The van der Waals surface area contributed by atoms with E-state index in [2.05, 4.69) is 10.3 Å². The molecule has 0 saturated carbocycles. The van der Waals surface area contributed by atoms with Gasteiger partial charge < -0.3 is 10.2 Å². The van der Waals surface area contributed by atoms with Crippen molar-refractivity contribution in [3.8, 4) is 0 Å². The van der Waals surface area contributed by atoms with Crippen LogP contribution in [0.25, 0.3) is 10.9 Å². The number of carbonyl (C=O) groups is 2. The summed E-state index contributed by atoms with van der Waals surface area (Å²) in [4.78, 5) is 29.9. The van der Waals surface area contributed by atoms with Crippen LogP contribution >= 0.6 is 0 Å². The van der Waals surface area contributed by atoms with Crippen molar-refractivity contribution in [2.45, 2.75) is 32.1 Å². The Morgan fingerprint density at radius 1 is 1.32 bits per heavy atom. The molecular weight excluding hydrogens is 810 g/mol. The molecule has 1 radical (unpaired) electrons. The number of rotatable bonds is 4. The number of amides is 2. The molecule has 1 N–H and O–H groups in total. The SMILES string of the molecule is CC(C)c1cccc2nccc(C(=O)NCC(=O)N3[CH-]CC(F)(F)C3)c12.F[S-](=[W])=[W].[V+2]. The Labute approximate surface area is 212 Å². The van der Waals surface area contributed by atoms with Crippen molar-refractivity contribution in [2.24, 2.45) is 0 Å². The number of likely N-dealkylation sites (tertiary alicyclic amines) is 1. The van der Waals surface area contributed by atoms with Gasteiger partial charge in [0.15, 0.2) is 0 Å². The first kappa shape index (κ1) is 28.7. The van der Waals surface area contributed by atoms with Gasteiger partial charge in [-0.3, -0.25) is 14.6 Å². The monoisotopic (exact) mass is 830 g/mol. The van der Waals surface area contributed by atoms with Gasteiger partial charge in [0.1, 0.15) is 0 Å². The molecule has 167 valence electrons. The molecule has 1 aliphatic heterocycles. The van der Waals surface area contributed by atoms with Crippen molar-refractivity contribution < 1.29 is 76.8 Å². The van der Waals surface area contributed by atoms with Crippen LogP contribution in [0.4, 0.5) is 12.7 Å². The second kappa shape index (κ2) is 12.8. The normalized spacial score (nSPS) is 14.7. The van der Waals surface area contributed by atoms with Crippen LogP contribution in [0, 0.1) is 6.54 Å². The minimum absolute atomic E-state index is 0. The Morgan fingerprint density at radius 2 is 1.97 bits per heavy atom. The third kappa shape index (κ3) is 8.51. The van der Waals surface area contributed by atoms with E-state index in [1.54, 1.807) is 6.07 Å². The van der Waals surface area contributed by atoms with Crippen LogP contribution in [-0.4, -0.2) is 40.7 Å².